The van der Waals surface area contributed by atoms with Crippen LogP contribution in [-0.4, -0.2) is 38.1 Å². The number of amides is 1. The average Bonchev–Trinajstić information content (AvgIpc) is 2.89. The van der Waals surface area contributed by atoms with E-state index in [1.807, 2.05) is 18.2 Å². The summed E-state index contributed by atoms with van der Waals surface area (Å²) in [6.45, 7) is 3.85. The molecular weight excluding hydrogens is 322 g/mol. The summed E-state index contributed by atoms with van der Waals surface area (Å²) >= 11 is 6.28. The predicted octanol–water partition coefficient (Wildman–Crippen LogP) is 3.59. The SMILES string of the molecule is O=C(NCC1CCCCCN1)c1cc(N2CCCCC2)ccc1Cl. The largest absolute Gasteiger partial charge is 0.372 e. The molecule has 1 aromatic carbocycles. The third-order valence-corrected chi connectivity index (χ3v) is 5.42. The smallest absolute Gasteiger partial charge is 0.252 e. The normalized spacial score (nSPS) is 22.0. The Balaban J connectivity index is 1.62. The molecule has 0 radical (unpaired) electrons. The van der Waals surface area contributed by atoms with E-state index in [4.69, 9.17) is 11.6 Å². The molecule has 132 valence electrons. The highest BCUT2D eigenvalue weighted by Gasteiger charge is 2.17. The summed E-state index contributed by atoms with van der Waals surface area (Å²) in [5.74, 6) is -0.0649. The lowest BCUT2D eigenvalue weighted by Crippen LogP contribution is -2.40. The fraction of sp³-hybridized carbons (Fsp3) is 0.632. The zero-order chi connectivity index (χ0) is 16.8. The van der Waals surface area contributed by atoms with Crippen LogP contribution in [0, 0.1) is 0 Å². The third-order valence-electron chi connectivity index (χ3n) is 5.09. The number of benzene rings is 1. The van der Waals surface area contributed by atoms with Crippen LogP contribution in [0.5, 0.6) is 0 Å². The average molecular weight is 350 g/mol. The van der Waals surface area contributed by atoms with E-state index in [1.165, 1.54) is 38.5 Å². The van der Waals surface area contributed by atoms with Crippen LogP contribution in [0.2, 0.25) is 5.02 Å². The van der Waals surface area contributed by atoms with Gasteiger partial charge in [-0.1, -0.05) is 24.4 Å². The third kappa shape index (κ3) is 4.64. The van der Waals surface area contributed by atoms with Crippen molar-refractivity contribution in [1.29, 1.82) is 0 Å². The molecule has 24 heavy (non-hydrogen) atoms. The van der Waals surface area contributed by atoms with E-state index in [0.717, 1.165) is 31.7 Å². The van der Waals surface area contributed by atoms with Gasteiger partial charge in [0.1, 0.15) is 0 Å². The second kappa shape index (κ2) is 8.72. The minimum Gasteiger partial charge on any atom is -0.372 e. The molecular formula is C19H28ClN3O. The Morgan fingerprint density at radius 3 is 2.79 bits per heavy atom. The van der Waals surface area contributed by atoms with Crippen LogP contribution in [0.25, 0.3) is 0 Å². The Hall–Kier alpha value is -1.26. The quantitative estimate of drug-likeness (QED) is 0.873. The first-order chi connectivity index (χ1) is 11.7. The number of anilines is 1. The van der Waals surface area contributed by atoms with Crippen molar-refractivity contribution in [2.75, 3.05) is 31.1 Å². The molecule has 0 spiro atoms. The van der Waals surface area contributed by atoms with E-state index in [2.05, 4.69) is 15.5 Å². The van der Waals surface area contributed by atoms with Crippen molar-refractivity contribution in [3.8, 4) is 0 Å². The van der Waals surface area contributed by atoms with Gasteiger partial charge >= 0.3 is 0 Å². The van der Waals surface area contributed by atoms with Gasteiger partial charge in [-0.2, -0.15) is 0 Å². The molecule has 2 aliphatic rings. The lowest BCUT2D eigenvalue weighted by atomic mass is 10.1. The maximum Gasteiger partial charge on any atom is 0.252 e. The van der Waals surface area contributed by atoms with E-state index in [0.29, 0.717) is 23.2 Å². The molecule has 0 bridgehead atoms. The van der Waals surface area contributed by atoms with Gasteiger partial charge in [0, 0.05) is 31.4 Å². The fourth-order valence-corrected chi connectivity index (χ4v) is 3.83. The van der Waals surface area contributed by atoms with Crippen molar-refractivity contribution in [3.05, 3.63) is 28.8 Å². The maximum atomic E-state index is 12.6. The molecule has 2 saturated heterocycles. The molecule has 2 aliphatic heterocycles. The highest BCUT2D eigenvalue weighted by molar-refractivity contribution is 6.34. The second-order valence-electron chi connectivity index (χ2n) is 6.92. The van der Waals surface area contributed by atoms with Crippen molar-refractivity contribution in [2.24, 2.45) is 0 Å². The zero-order valence-corrected chi connectivity index (χ0v) is 15.1. The summed E-state index contributed by atoms with van der Waals surface area (Å²) in [4.78, 5) is 14.9. The van der Waals surface area contributed by atoms with Crippen molar-refractivity contribution < 1.29 is 4.79 Å². The molecule has 1 amide bonds. The highest BCUT2D eigenvalue weighted by Crippen LogP contribution is 2.25. The van der Waals surface area contributed by atoms with Gasteiger partial charge in [-0.25, -0.2) is 0 Å². The molecule has 2 heterocycles. The fourth-order valence-electron chi connectivity index (χ4n) is 3.62. The van der Waals surface area contributed by atoms with Gasteiger partial charge in [-0.3, -0.25) is 4.79 Å². The van der Waals surface area contributed by atoms with Gasteiger partial charge in [-0.15, -0.1) is 0 Å². The minimum absolute atomic E-state index is 0.0649. The summed E-state index contributed by atoms with van der Waals surface area (Å²) < 4.78 is 0. The summed E-state index contributed by atoms with van der Waals surface area (Å²) in [5, 5.41) is 7.10. The summed E-state index contributed by atoms with van der Waals surface area (Å²) in [5.41, 5.74) is 1.70. The van der Waals surface area contributed by atoms with Crippen molar-refractivity contribution >= 4 is 23.2 Å². The Bertz CT molecular complexity index is 550. The summed E-state index contributed by atoms with van der Waals surface area (Å²) in [7, 11) is 0. The van der Waals surface area contributed by atoms with Gasteiger partial charge in [0.15, 0.2) is 0 Å². The second-order valence-corrected chi connectivity index (χ2v) is 7.33. The van der Waals surface area contributed by atoms with Crippen molar-refractivity contribution in [3.63, 3.8) is 0 Å². The Morgan fingerprint density at radius 1 is 1.17 bits per heavy atom. The number of piperidine rings is 1. The highest BCUT2D eigenvalue weighted by atomic mass is 35.5. The molecule has 2 fully saturated rings. The van der Waals surface area contributed by atoms with Crippen LogP contribution in [0.15, 0.2) is 18.2 Å². The maximum absolute atomic E-state index is 12.6. The van der Waals surface area contributed by atoms with Crippen LogP contribution in [-0.2, 0) is 0 Å². The van der Waals surface area contributed by atoms with E-state index in [-0.39, 0.29) is 5.91 Å². The monoisotopic (exact) mass is 349 g/mol. The molecule has 0 saturated carbocycles. The van der Waals surface area contributed by atoms with Crippen LogP contribution >= 0.6 is 11.6 Å². The van der Waals surface area contributed by atoms with Gasteiger partial charge in [0.05, 0.1) is 10.6 Å². The van der Waals surface area contributed by atoms with Gasteiger partial charge in [-0.05, 0) is 56.8 Å². The molecule has 0 aromatic heterocycles. The zero-order valence-electron chi connectivity index (χ0n) is 14.3. The topological polar surface area (TPSA) is 44.4 Å². The molecule has 3 rings (SSSR count). The number of carbonyl (C=O) groups is 1. The Kier molecular flexibility index (Phi) is 6.38. The Morgan fingerprint density at radius 2 is 1.96 bits per heavy atom. The van der Waals surface area contributed by atoms with Crippen LogP contribution < -0.4 is 15.5 Å². The predicted molar refractivity (Wildman–Crippen MR) is 100 cm³/mol. The number of rotatable bonds is 4. The lowest BCUT2D eigenvalue weighted by molar-refractivity contribution is 0.0949. The van der Waals surface area contributed by atoms with Crippen LogP contribution in [0.4, 0.5) is 5.69 Å². The first-order valence-corrected chi connectivity index (χ1v) is 9.68. The minimum atomic E-state index is -0.0649. The van der Waals surface area contributed by atoms with E-state index >= 15 is 0 Å². The number of hydrogen-bond donors (Lipinski definition) is 2. The standard InChI is InChI=1S/C19H28ClN3O/c20-18-9-8-16(23-11-5-2-6-12-23)13-17(18)19(24)22-14-15-7-3-1-4-10-21-15/h8-9,13,15,21H,1-7,10-12,14H2,(H,22,24). The molecule has 1 atom stereocenters. The molecule has 2 N–H and O–H groups in total. The van der Waals surface area contributed by atoms with Gasteiger partial charge in [0.25, 0.3) is 5.91 Å². The molecule has 4 nitrogen and oxygen atoms in total. The van der Waals surface area contributed by atoms with Crippen molar-refractivity contribution in [1.82, 2.24) is 10.6 Å². The van der Waals surface area contributed by atoms with Crippen molar-refractivity contribution in [2.45, 2.75) is 51.0 Å². The molecule has 1 unspecified atom stereocenters. The van der Waals surface area contributed by atoms with Gasteiger partial charge in [0.2, 0.25) is 0 Å². The van der Waals surface area contributed by atoms with E-state index in [9.17, 15) is 4.79 Å². The van der Waals surface area contributed by atoms with E-state index in [1.54, 1.807) is 0 Å². The van der Waals surface area contributed by atoms with Crippen LogP contribution in [0.3, 0.4) is 0 Å². The first kappa shape index (κ1) is 17.6. The molecule has 0 aliphatic carbocycles. The Labute approximate surface area is 149 Å². The van der Waals surface area contributed by atoms with E-state index < -0.39 is 0 Å². The van der Waals surface area contributed by atoms with Crippen LogP contribution in [0.1, 0.15) is 55.3 Å². The number of halogens is 1. The lowest BCUT2D eigenvalue weighted by Gasteiger charge is -2.29. The molecule has 5 heteroatoms. The number of carbonyl (C=O) groups excluding carboxylic acids is 1. The number of nitrogens with one attached hydrogen (secondary N) is 2. The summed E-state index contributed by atoms with van der Waals surface area (Å²) in [6.07, 6.45) is 8.61. The number of nitrogens with zero attached hydrogens (tertiary/aromatic N) is 1. The van der Waals surface area contributed by atoms with Gasteiger partial charge < -0.3 is 15.5 Å². The molecule has 1 aromatic rings. The summed E-state index contributed by atoms with van der Waals surface area (Å²) in [6, 6.07) is 6.20. The number of hydrogen-bond acceptors (Lipinski definition) is 3. The first-order valence-electron chi connectivity index (χ1n) is 9.30.